The van der Waals surface area contributed by atoms with Crippen molar-refractivity contribution in [2.24, 2.45) is 5.92 Å². The number of thiophene rings is 1. The van der Waals surface area contributed by atoms with Crippen LogP contribution in [-0.4, -0.2) is 11.2 Å². The van der Waals surface area contributed by atoms with Crippen LogP contribution in [0.15, 0.2) is 21.3 Å². The Bertz CT molecular complexity index is 356. The van der Waals surface area contributed by atoms with Gasteiger partial charge in [0.05, 0.1) is 6.10 Å². The van der Waals surface area contributed by atoms with Crippen LogP contribution in [0.4, 0.5) is 0 Å². The SMILES string of the molecule is CC1CC(c2cscc2Br)=CC(O)C1. The molecule has 1 aliphatic carbocycles. The van der Waals surface area contributed by atoms with Crippen molar-refractivity contribution in [3.05, 3.63) is 26.9 Å². The van der Waals surface area contributed by atoms with Gasteiger partial charge in [-0.3, -0.25) is 0 Å². The number of aliphatic hydroxyl groups is 1. The standard InChI is InChI=1S/C11H13BrOS/c1-7-2-8(4-9(13)3-7)10-5-14-6-11(10)12/h4-7,9,13H,2-3H2,1H3. The zero-order valence-corrected chi connectivity index (χ0v) is 10.4. The maximum atomic E-state index is 9.65. The fraction of sp³-hybridized carbons (Fsp3) is 0.455. The predicted octanol–water partition coefficient (Wildman–Crippen LogP) is 3.68. The molecule has 0 aromatic carbocycles. The average molecular weight is 273 g/mol. The van der Waals surface area contributed by atoms with Crippen LogP contribution in [0.3, 0.4) is 0 Å². The third-order valence-electron chi connectivity index (χ3n) is 2.57. The molecule has 1 nitrogen and oxygen atoms in total. The van der Waals surface area contributed by atoms with E-state index in [9.17, 15) is 5.11 Å². The summed E-state index contributed by atoms with van der Waals surface area (Å²) in [7, 11) is 0. The van der Waals surface area contributed by atoms with Crippen molar-refractivity contribution in [2.45, 2.75) is 25.9 Å². The van der Waals surface area contributed by atoms with Gasteiger partial charge in [0.15, 0.2) is 0 Å². The van der Waals surface area contributed by atoms with Crippen molar-refractivity contribution >= 4 is 32.8 Å². The lowest BCUT2D eigenvalue weighted by atomic mass is 9.86. The molecule has 2 unspecified atom stereocenters. The molecule has 14 heavy (non-hydrogen) atoms. The summed E-state index contributed by atoms with van der Waals surface area (Å²) in [5.74, 6) is 0.580. The first kappa shape index (κ1) is 10.4. The Morgan fingerprint density at radius 1 is 1.50 bits per heavy atom. The molecule has 0 fully saturated rings. The van der Waals surface area contributed by atoms with Gasteiger partial charge in [-0.15, -0.1) is 0 Å². The van der Waals surface area contributed by atoms with E-state index in [1.165, 1.54) is 11.1 Å². The minimum absolute atomic E-state index is 0.263. The molecular formula is C11H13BrOS. The van der Waals surface area contributed by atoms with Gasteiger partial charge in [0, 0.05) is 15.4 Å². The van der Waals surface area contributed by atoms with Crippen LogP contribution in [0.2, 0.25) is 0 Å². The molecule has 1 aliphatic rings. The smallest absolute Gasteiger partial charge is 0.0729 e. The first-order chi connectivity index (χ1) is 6.66. The molecule has 1 aromatic heterocycles. The highest BCUT2D eigenvalue weighted by atomic mass is 79.9. The Labute approximate surface area is 96.6 Å². The minimum atomic E-state index is -0.263. The van der Waals surface area contributed by atoms with Crippen LogP contribution < -0.4 is 0 Å². The van der Waals surface area contributed by atoms with E-state index in [1.807, 2.05) is 6.08 Å². The third-order valence-corrected chi connectivity index (χ3v) is 4.27. The fourth-order valence-electron chi connectivity index (χ4n) is 1.95. The molecule has 2 rings (SSSR count). The molecule has 0 saturated heterocycles. The summed E-state index contributed by atoms with van der Waals surface area (Å²) < 4.78 is 1.15. The fourth-order valence-corrected chi connectivity index (χ4v) is 3.52. The van der Waals surface area contributed by atoms with Crippen molar-refractivity contribution in [3.63, 3.8) is 0 Å². The number of allylic oxidation sites excluding steroid dienone is 1. The Morgan fingerprint density at radius 3 is 2.86 bits per heavy atom. The first-order valence-electron chi connectivity index (χ1n) is 4.77. The second-order valence-corrected chi connectivity index (χ2v) is 5.54. The Hall–Kier alpha value is -0.120. The van der Waals surface area contributed by atoms with Gasteiger partial charge in [0.1, 0.15) is 0 Å². The van der Waals surface area contributed by atoms with Crippen molar-refractivity contribution in [1.29, 1.82) is 0 Å². The Balaban J connectivity index is 2.30. The molecule has 0 radical (unpaired) electrons. The van der Waals surface area contributed by atoms with Crippen molar-refractivity contribution in [1.82, 2.24) is 0 Å². The number of aliphatic hydroxyl groups excluding tert-OH is 1. The molecule has 1 N–H and O–H groups in total. The topological polar surface area (TPSA) is 20.2 Å². The zero-order valence-electron chi connectivity index (χ0n) is 8.03. The highest BCUT2D eigenvalue weighted by Gasteiger charge is 2.19. The van der Waals surface area contributed by atoms with E-state index in [0.717, 1.165) is 17.3 Å². The van der Waals surface area contributed by atoms with E-state index in [2.05, 4.69) is 33.6 Å². The van der Waals surface area contributed by atoms with Crippen LogP contribution in [0.1, 0.15) is 25.3 Å². The maximum absolute atomic E-state index is 9.65. The number of halogens is 1. The summed E-state index contributed by atoms with van der Waals surface area (Å²) in [6.07, 6.45) is 3.70. The highest BCUT2D eigenvalue weighted by molar-refractivity contribution is 9.10. The number of hydrogen-bond acceptors (Lipinski definition) is 2. The molecule has 76 valence electrons. The largest absolute Gasteiger partial charge is 0.389 e. The van der Waals surface area contributed by atoms with Crippen molar-refractivity contribution in [3.8, 4) is 0 Å². The molecule has 0 aliphatic heterocycles. The highest BCUT2D eigenvalue weighted by Crippen LogP contribution is 2.36. The zero-order chi connectivity index (χ0) is 10.1. The van der Waals surface area contributed by atoms with Gasteiger partial charge in [-0.1, -0.05) is 13.0 Å². The molecule has 3 heteroatoms. The summed E-state index contributed by atoms with van der Waals surface area (Å²) in [5, 5.41) is 13.9. The van der Waals surface area contributed by atoms with Gasteiger partial charge < -0.3 is 5.11 Å². The lowest BCUT2D eigenvalue weighted by molar-refractivity contribution is 0.185. The number of hydrogen-bond donors (Lipinski definition) is 1. The van der Waals surface area contributed by atoms with Crippen molar-refractivity contribution < 1.29 is 5.11 Å². The van der Waals surface area contributed by atoms with Gasteiger partial charge in [-0.25, -0.2) is 0 Å². The number of rotatable bonds is 1. The van der Waals surface area contributed by atoms with Crippen LogP contribution in [-0.2, 0) is 0 Å². The van der Waals surface area contributed by atoms with Crippen LogP contribution in [0, 0.1) is 5.92 Å². The molecular weight excluding hydrogens is 260 g/mol. The summed E-state index contributed by atoms with van der Waals surface area (Å²) in [6.45, 7) is 2.19. The van der Waals surface area contributed by atoms with Crippen LogP contribution in [0.25, 0.3) is 5.57 Å². The summed E-state index contributed by atoms with van der Waals surface area (Å²) >= 11 is 5.22. The summed E-state index contributed by atoms with van der Waals surface area (Å²) in [5.41, 5.74) is 2.53. The van der Waals surface area contributed by atoms with E-state index in [1.54, 1.807) is 11.3 Å². The molecule has 0 bridgehead atoms. The normalized spacial score (nSPS) is 27.5. The Morgan fingerprint density at radius 2 is 2.29 bits per heavy atom. The monoisotopic (exact) mass is 272 g/mol. The second-order valence-electron chi connectivity index (χ2n) is 3.94. The van der Waals surface area contributed by atoms with Gasteiger partial charge in [-0.2, -0.15) is 11.3 Å². The lowest BCUT2D eigenvalue weighted by Crippen LogP contribution is -2.15. The van der Waals surface area contributed by atoms with Gasteiger partial charge in [0.2, 0.25) is 0 Å². The van der Waals surface area contributed by atoms with Gasteiger partial charge in [-0.05, 0) is 45.6 Å². The average Bonchev–Trinajstić information content (AvgIpc) is 2.49. The molecule has 0 saturated carbocycles. The van der Waals surface area contributed by atoms with E-state index >= 15 is 0 Å². The summed E-state index contributed by atoms with van der Waals surface area (Å²) in [6, 6.07) is 0. The van der Waals surface area contributed by atoms with Gasteiger partial charge >= 0.3 is 0 Å². The van der Waals surface area contributed by atoms with E-state index in [0.29, 0.717) is 5.92 Å². The van der Waals surface area contributed by atoms with Crippen LogP contribution >= 0.6 is 27.3 Å². The molecule has 0 amide bonds. The molecule has 0 spiro atoms. The quantitative estimate of drug-likeness (QED) is 0.827. The predicted molar refractivity (Wildman–Crippen MR) is 64.4 cm³/mol. The van der Waals surface area contributed by atoms with E-state index in [4.69, 9.17) is 0 Å². The molecule has 1 heterocycles. The van der Waals surface area contributed by atoms with Crippen LogP contribution in [0.5, 0.6) is 0 Å². The lowest BCUT2D eigenvalue weighted by Gasteiger charge is -2.22. The molecule has 1 aromatic rings. The minimum Gasteiger partial charge on any atom is -0.389 e. The maximum Gasteiger partial charge on any atom is 0.0729 e. The first-order valence-corrected chi connectivity index (χ1v) is 6.51. The van der Waals surface area contributed by atoms with Crippen molar-refractivity contribution in [2.75, 3.05) is 0 Å². The third kappa shape index (κ3) is 2.10. The Kier molecular flexibility index (Phi) is 3.10. The van der Waals surface area contributed by atoms with E-state index in [-0.39, 0.29) is 6.10 Å². The van der Waals surface area contributed by atoms with Gasteiger partial charge in [0.25, 0.3) is 0 Å². The second kappa shape index (κ2) is 4.17. The van der Waals surface area contributed by atoms with E-state index < -0.39 is 0 Å². The molecule has 2 atom stereocenters. The summed E-state index contributed by atoms with van der Waals surface area (Å²) in [4.78, 5) is 0.